The van der Waals surface area contributed by atoms with Crippen molar-refractivity contribution in [2.24, 2.45) is 5.92 Å². The highest BCUT2D eigenvalue weighted by molar-refractivity contribution is 5.78. The SMILES string of the molecule is CC1CC(=O)N(C)C1O. The van der Waals surface area contributed by atoms with Crippen LogP contribution < -0.4 is 0 Å². The average molecular weight is 129 g/mol. The van der Waals surface area contributed by atoms with Crippen LogP contribution in [0.5, 0.6) is 0 Å². The third-order valence-electron chi connectivity index (χ3n) is 1.80. The van der Waals surface area contributed by atoms with Crippen molar-refractivity contribution in [2.75, 3.05) is 7.05 Å². The lowest BCUT2D eigenvalue weighted by Gasteiger charge is -2.15. The molecule has 1 amide bonds. The Morgan fingerprint density at radius 2 is 2.33 bits per heavy atom. The van der Waals surface area contributed by atoms with Gasteiger partial charge in [0.2, 0.25) is 5.91 Å². The zero-order valence-electron chi connectivity index (χ0n) is 5.66. The predicted molar refractivity (Wildman–Crippen MR) is 32.6 cm³/mol. The van der Waals surface area contributed by atoms with Gasteiger partial charge in [0.25, 0.3) is 0 Å². The van der Waals surface area contributed by atoms with Gasteiger partial charge in [-0.25, -0.2) is 0 Å². The first kappa shape index (κ1) is 6.55. The van der Waals surface area contributed by atoms with Gasteiger partial charge in [-0.3, -0.25) is 4.79 Å². The maximum Gasteiger partial charge on any atom is 0.224 e. The summed E-state index contributed by atoms with van der Waals surface area (Å²) in [4.78, 5) is 12.1. The van der Waals surface area contributed by atoms with E-state index in [2.05, 4.69) is 0 Å². The molecule has 3 nitrogen and oxygen atoms in total. The molecule has 1 N–H and O–H groups in total. The third kappa shape index (κ3) is 0.920. The number of nitrogens with zero attached hydrogens (tertiary/aromatic N) is 1. The van der Waals surface area contributed by atoms with Gasteiger partial charge in [-0.2, -0.15) is 0 Å². The predicted octanol–water partition coefficient (Wildman–Crippen LogP) is -0.197. The van der Waals surface area contributed by atoms with E-state index in [0.717, 1.165) is 0 Å². The van der Waals surface area contributed by atoms with Gasteiger partial charge in [-0.1, -0.05) is 6.92 Å². The Balaban J connectivity index is 2.65. The van der Waals surface area contributed by atoms with E-state index in [1.54, 1.807) is 7.05 Å². The molecule has 2 atom stereocenters. The molecule has 1 saturated heterocycles. The van der Waals surface area contributed by atoms with Crippen LogP contribution >= 0.6 is 0 Å². The van der Waals surface area contributed by atoms with E-state index < -0.39 is 6.23 Å². The van der Waals surface area contributed by atoms with E-state index in [4.69, 9.17) is 5.11 Å². The Morgan fingerprint density at radius 3 is 2.44 bits per heavy atom. The fraction of sp³-hybridized carbons (Fsp3) is 0.833. The highest BCUT2D eigenvalue weighted by atomic mass is 16.3. The number of carbonyl (C=O) groups is 1. The molecule has 0 spiro atoms. The van der Waals surface area contributed by atoms with Gasteiger partial charge < -0.3 is 10.0 Å². The number of likely N-dealkylation sites (tertiary alicyclic amines) is 1. The van der Waals surface area contributed by atoms with Gasteiger partial charge in [0.1, 0.15) is 6.23 Å². The van der Waals surface area contributed by atoms with Crippen LogP contribution in [0, 0.1) is 5.92 Å². The number of carbonyl (C=O) groups excluding carboxylic acids is 1. The van der Waals surface area contributed by atoms with Crippen molar-refractivity contribution in [3.63, 3.8) is 0 Å². The van der Waals surface area contributed by atoms with Crippen molar-refractivity contribution in [3.05, 3.63) is 0 Å². The van der Waals surface area contributed by atoms with E-state index in [1.165, 1.54) is 4.90 Å². The fourth-order valence-electron chi connectivity index (χ4n) is 1.05. The Hall–Kier alpha value is -0.570. The van der Waals surface area contributed by atoms with Crippen LogP contribution in [0.15, 0.2) is 0 Å². The molecule has 1 aliphatic rings. The summed E-state index contributed by atoms with van der Waals surface area (Å²) in [5.41, 5.74) is 0. The molecule has 0 aromatic heterocycles. The molecule has 0 radical (unpaired) electrons. The minimum absolute atomic E-state index is 0.0370. The number of hydrogen-bond donors (Lipinski definition) is 1. The molecule has 0 aromatic carbocycles. The summed E-state index contributed by atoms with van der Waals surface area (Å²) in [6.45, 7) is 1.87. The summed E-state index contributed by atoms with van der Waals surface area (Å²) in [6, 6.07) is 0. The Morgan fingerprint density at radius 1 is 1.78 bits per heavy atom. The summed E-state index contributed by atoms with van der Waals surface area (Å²) >= 11 is 0. The standard InChI is InChI=1S/C6H11NO2/c1-4-3-5(8)7(2)6(4)9/h4,6,9H,3H2,1-2H3. The second-order valence-electron chi connectivity index (χ2n) is 2.60. The van der Waals surface area contributed by atoms with E-state index in [0.29, 0.717) is 6.42 Å². The Labute approximate surface area is 54.3 Å². The van der Waals surface area contributed by atoms with Crippen molar-refractivity contribution >= 4 is 5.91 Å². The van der Waals surface area contributed by atoms with Gasteiger partial charge in [0.05, 0.1) is 0 Å². The number of hydrogen-bond acceptors (Lipinski definition) is 2. The van der Waals surface area contributed by atoms with Crippen LogP contribution in [0.25, 0.3) is 0 Å². The summed E-state index contributed by atoms with van der Waals surface area (Å²) in [7, 11) is 1.62. The van der Waals surface area contributed by atoms with Gasteiger partial charge in [0.15, 0.2) is 0 Å². The first-order valence-electron chi connectivity index (χ1n) is 3.06. The molecule has 9 heavy (non-hydrogen) atoms. The van der Waals surface area contributed by atoms with E-state index in [-0.39, 0.29) is 11.8 Å². The van der Waals surface area contributed by atoms with Gasteiger partial charge in [-0.15, -0.1) is 0 Å². The van der Waals surface area contributed by atoms with Crippen LogP contribution in [0.1, 0.15) is 13.3 Å². The Bertz CT molecular complexity index is 135. The molecule has 52 valence electrons. The molecule has 1 heterocycles. The van der Waals surface area contributed by atoms with E-state index in [9.17, 15) is 4.79 Å². The molecular formula is C6H11NO2. The monoisotopic (exact) mass is 129 g/mol. The second kappa shape index (κ2) is 1.99. The molecule has 1 aliphatic heterocycles. The summed E-state index contributed by atoms with van der Waals surface area (Å²) in [5.74, 6) is 0.137. The highest BCUT2D eigenvalue weighted by Gasteiger charge is 2.32. The molecular weight excluding hydrogens is 118 g/mol. The number of aliphatic hydroxyl groups excluding tert-OH is 1. The normalized spacial score (nSPS) is 35.9. The molecule has 0 aromatic rings. The lowest BCUT2D eigenvalue weighted by atomic mass is 10.1. The van der Waals surface area contributed by atoms with Crippen molar-refractivity contribution in [1.82, 2.24) is 4.90 Å². The van der Waals surface area contributed by atoms with Crippen LogP contribution in [0.3, 0.4) is 0 Å². The maximum atomic E-state index is 10.8. The molecule has 0 bridgehead atoms. The van der Waals surface area contributed by atoms with Gasteiger partial charge >= 0.3 is 0 Å². The molecule has 3 heteroatoms. The molecule has 1 fully saturated rings. The van der Waals surface area contributed by atoms with Gasteiger partial charge in [0, 0.05) is 19.4 Å². The van der Waals surface area contributed by atoms with Crippen molar-refractivity contribution in [1.29, 1.82) is 0 Å². The lowest BCUT2D eigenvalue weighted by Crippen LogP contribution is -2.30. The van der Waals surface area contributed by atoms with Crippen LogP contribution in [0.4, 0.5) is 0 Å². The average Bonchev–Trinajstić information content (AvgIpc) is 1.98. The summed E-state index contributed by atoms with van der Waals surface area (Å²) in [6.07, 6.45) is -0.0741. The smallest absolute Gasteiger partial charge is 0.224 e. The summed E-state index contributed by atoms with van der Waals surface area (Å²) < 4.78 is 0. The second-order valence-corrected chi connectivity index (χ2v) is 2.60. The summed E-state index contributed by atoms with van der Waals surface area (Å²) in [5, 5.41) is 9.14. The number of aliphatic hydroxyl groups is 1. The zero-order valence-corrected chi connectivity index (χ0v) is 5.66. The number of rotatable bonds is 0. The largest absolute Gasteiger partial charge is 0.373 e. The lowest BCUT2D eigenvalue weighted by molar-refractivity contribution is -0.131. The van der Waals surface area contributed by atoms with Crippen LogP contribution in [0.2, 0.25) is 0 Å². The first-order chi connectivity index (χ1) is 4.13. The third-order valence-corrected chi connectivity index (χ3v) is 1.80. The molecule has 2 unspecified atom stereocenters. The van der Waals surface area contributed by atoms with E-state index >= 15 is 0 Å². The minimum Gasteiger partial charge on any atom is -0.373 e. The van der Waals surface area contributed by atoms with Crippen molar-refractivity contribution in [2.45, 2.75) is 19.6 Å². The molecule has 0 aliphatic carbocycles. The van der Waals surface area contributed by atoms with Crippen molar-refractivity contribution < 1.29 is 9.90 Å². The van der Waals surface area contributed by atoms with Crippen LogP contribution in [-0.4, -0.2) is 29.2 Å². The maximum absolute atomic E-state index is 10.8. The highest BCUT2D eigenvalue weighted by Crippen LogP contribution is 2.20. The molecule has 1 rings (SSSR count). The van der Waals surface area contributed by atoms with Gasteiger partial charge in [-0.05, 0) is 0 Å². The van der Waals surface area contributed by atoms with E-state index in [1.807, 2.05) is 6.92 Å². The Kier molecular flexibility index (Phi) is 1.45. The van der Waals surface area contributed by atoms with Crippen molar-refractivity contribution in [3.8, 4) is 0 Å². The topological polar surface area (TPSA) is 40.5 Å². The minimum atomic E-state index is -0.558. The zero-order chi connectivity index (χ0) is 7.02. The van der Waals surface area contributed by atoms with Crippen LogP contribution in [-0.2, 0) is 4.79 Å². The first-order valence-corrected chi connectivity index (χ1v) is 3.06. The quantitative estimate of drug-likeness (QED) is 0.492. The fourth-order valence-corrected chi connectivity index (χ4v) is 1.05. The number of amides is 1. The molecule has 0 saturated carbocycles.